The highest BCUT2D eigenvalue weighted by Gasteiger charge is 2.08. The van der Waals surface area contributed by atoms with Gasteiger partial charge in [-0.3, -0.25) is 9.36 Å². The van der Waals surface area contributed by atoms with Crippen molar-refractivity contribution in [2.24, 2.45) is 0 Å². The molecule has 104 valence electrons. The van der Waals surface area contributed by atoms with Gasteiger partial charge in [0.2, 0.25) is 0 Å². The van der Waals surface area contributed by atoms with Gasteiger partial charge in [0, 0.05) is 22.7 Å². The highest BCUT2D eigenvalue weighted by atomic mass is 32.1. The summed E-state index contributed by atoms with van der Waals surface area (Å²) in [5, 5.41) is 10.5. The average Bonchev–Trinajstić information content (AvgIpc) is 2.78. The fourth-order valence-electron chi connectivity index (χ4n) is 1.89. The first-order valence-electron chi connectivity index (χ1n) is 6.00. The van der Waals surface area contributed by atoms with Gasteiger partial charge in [-0.1, -0.05) is 0 Å². The molecule has 0 amide bonds. The fraction of sp³-hybridized carbons (Fsp3) is 0.214. The molecule has 0 aromatic carbocycles. The van der Waals surface area contributed by atoms with Gasteiger partial charge in [-0.25, -0.2) is 9.78 Å². The Hall–Kier alpha value is -2.21. The van der Waals surface area contributed by atoms with Crippen molar-refractivity contribution in [3.63, 3.8) is 0 Å². The molecule has 0 saturated carbocycles. The number of aromatic nitrogens is 2. The van der Waals surface area contributed by atoms with Gasteiger partial charge < -0.3 is 5.11 Å². The van der Waals surface area contributed by atoms with Crippen LogP contribution in [0.4, 0.5) is 0 Å². The number of thiophene rings is 1. The normalized spacial score (nSPS) is 11.1. The molecular weight excluding hydrogens is 276 g/mol. The van der Waals surface area contributed by atoms with Gasteiger partial charge in [-0.05, 0) is 36.9 Å². The molecule has 0 unspecified atom stereocenters. The number of nitrogens with zero attached hydrogens (tertiary/aromatic N) is 2. The van der Waals surface area contributed by atoms with E-state index < -0.39 is 5.97 Å². The second-order valence-electron chi connectivity index (χ2n) is 4.34. The second-order valence-corrected chi connectivity index (χ2v) is 5.34. The van der Waals surface area contributed by atoms with Crippen LogP contribution < -0.4 is 5.56 Å². The molecule has 0 aliphatic heterocycles. The molecule has 0 bridgehead atoms. The lowest BCUT2D eigenvalue weighted by Crippen LogP contribution is -2.23. The predicted molar refractivity (Wildman–Crippen MR) is 78.1 cm³/mol. The maximum atomic E-state index is 12.0. The van der Waals surface area contributed by atoms with E-state index in [-0.39, 0.29) is 5.56 Å². The van der Waals surface area contributed by atoms with Crippen LogP contribution in [0.5, 0.6) is 0 Å². The molecular formula is C14H14N2O3S. The van der Waals surface area contributed by atoms with Gasteiger partial charge in [0.15, 0.2) is 0 Å². The van der Waals surface area contributed by atoms with Crippen LogP contribution in [0, 0.1) is 13.8 Å². The minimum absolute atomic E-state index is 0.100. The van der Waals surface area contributed by atoms with Crippen molar-refractivity contribution in [3.05, 3.63) is 55.9 Å². The lowest BCUT2D eigenvalue weighted by atomic mass is 10.2. The Morgan fingerprint density at radius 1 is 1.50 bits per heavy atom. The van der Waals surface area contributed by atoms with Crippen LogP contribution in [-0.4, -0.2) is 20.6 Å². The molecule has 0 atom stereocenters. The standard InChI is InChI=1S/C14H14N2O3S/c1-9-7-13(17)16(10(2)15-9)8-12-11(5-6-20-12)3-4-14(18)19/h3-7H,8H2,1-2H3,(H,18,19). The fourth-order valence-corrected chi connectivity index (χ4v) is 2.74. The van der Waals surface area contributed by atoms with Crippen LogP contribution >= 0.6 is 11.3 Å². The number of carbonyl (C=O) groups is 1. The number of carboxylic acid groups (broad SMARTS) is 1. The Morgan fingerprint density at radius 3 is 2.90 bits per heavy atom. The summed E-state index contributed by atoms with van der Waals surface area (Å²) in [7, 11) is 0. The van der Waals surface area contributed by atoms with Gasteiger partial charge in [0.25, 0.3) is 5.56 Å². The molecule has 6 heteroatoms. The van der Waals surface area contributed by atoms with Crippen molar-refractivity contribution in [2.75, 3.05) is 0 Å². The molecule has 1 N–H and O–H groups in total. The monoisotopic (exact) mass is 290 g/mol. The number of aliphatic carboxylic acids is 1. The molecule has 2 heterocycles. The zero-order chi connectivity index (χ0) is 14.7. The molecule has 0 radical (unpaired) electrons. The molecule has 20 heavy (non-hydrogen) atoms. The van der Waals surface area contributed by atoms with Crippen molar-refractivity contribution in [1.82, 2.24) is 9.55 Å². The van der Waals surface area contributed by atoms with Crippen LogP contribution in [0.3, 0.4) is 0 Å². The van der Waals surface area contributed by atoms with Crippen LogP contribution in [-0.2, 0) is 11.3 Å². The Morgan fingerprint density at radius 2 is 2.25 bits per heavy atom. The van der Waals surface area contributed by atoms with E-state index in [1.807, 2.05) is 11.4 Å². The van der Waals surface area contributed by atoms with Gasteiger partial charge >= 0.3 is 5.97 Å². The highest BCUT2D eigenvalue weighted by Crippen LogP contribution is 2.19. The SMILES string of the molecule is Cc1cc(=O)n(Cc2sccc2C=CC(=O)O)c(C)n1. The van der Waals surface area contributed by atoms with E-state index >= 15 is 0 Å². The summed E-state index contributed by atoms with van der Waals surface area (Å²) in [5.74, 6) is -0.343. The first-order chi connectivity index (χ1) is 9.47. The Kier molecular flexibility index (Phi) is 4.14. The summed E-state index contributed by atoms with van der Waals surface area (Å²) >= 11 is 1.49. The number of hydrogen-bond donors (Lipinski definition) is 1. The first-order valence-corrected chi connectivity index (χ1v) is 6.88. The van der Waals surface area contributed by atoms with Gasteiger partial charge in [0.1, 0.15) is 5.82 Å². The molecule has 5 nitrogen and oxygen atoms in total. The molecule has 0 saturated heterocycles. The number of carboxylic acids is 1. The van der Waals surface area contributed by atoms with E-state index in [1.165, 1.54) is 23.5 Å². The van der Waals surface area contributed by atoms with Crippen molar-refractivity contribution in [1.29, 1.82) is 0 Å². The summed E-state index contributed by atoms with van der Waals surface area (Å²) in [6.07, 6.45) is 2.63. The Balaban J connectivity index is 2.34. The highest BCUT2D eigenvalue weighted by molar-refractivity contribution is 7.10. The Labute approximate surface area is 119 Å². The number of hydrogen-bond acceptors (Lipinski definition) is 4. The molecule has 0 fully saturated rings. The zero-order valence-corrected chi connectivity index (χ0v) is 12.0. The number of aryl methyl sites for hydroxylation is 2. The van der Waals surface area contributed by atoms with E-state index in [1.54, 1.807) is 18.4 Å². The van der Waals surface area contributed by atoms with Crippen molar-refractivity contribution in [3.8, 4) is 0 Å². The van der Waals surface area contributed by atoms with Gasteiger partial charge in [-0.2, -0.15) is 0 Å². The van der Waals surface area contributed by atoms with Gasteiger partial charge in [-0.15, -0.1) is 11.3 Å². The van der Waals surface area contributed by atoms with Gasteiger partial charge in [0.05, 0.1) is 6.54 Å². The number of rotatable bonds is 4. The third-order valence-corrected chi connectivity index (χ3v) is 3.74. The molecule has 0 aliphatic rings. The zero-order valence-electron chi connectivity index (χ0n) is 11.2. The van der Waals surface area contributed by atoms with Crippen LogP contribution in [0.15, 0.2) is 28.4 Å². The third-order valence-electron chi connectivity index (χ3n) is 2.81. The van der Waals surface area contributed by atoms with E-state index in [0.717, 1.165) is 16.5 Å². The minimum Gasteiger partial charge on any atom is -0.478 e. The van der Waals surface area contributed by atoms with Crippen molar-refractivity contribution in [2.45, 2.75) is 20.4 Å². The smallest absolute Gasteiger partial charge is 0.328 e. The summed E-state index contributed by atoms with van der Waals surface area (Å²) in [6, 6.07) is 3.33. The average molecular weight is 290 g/mol. The maximum Gasteiger partial charge on any atom is 0.328 e. The van der Waals surface area contributed by atoms with E-state index in [9.17, 15) is 9.59 Å². The van der Waals surface area contributed by atoms with Crippen LogP contribution in [0.2, 0.25) is 0 Å². The van der Waals surface area contributed by atoms with Crippen molar-refractivity contribution < 1.29 is 9.90 Å². The Bertz CT molecular complexity index is 728. The quantitative estimate of drug-likeness (QED) is 0.875. The lowest BCUT2D eigenvalue weighted by molar-refractivity contribution is -0.131. The maximum absolute atomic E-state index is 12.0. The topological polar surface area (TPSA) is 72.2 Å². The first kappa shape index (κ1) is 14.2. The minimum atomic E-state index is -0.993. The van der Waals surface area contributed by atoms with Crippen LogP contribution in [0.25, 0.3) is 6.08 Å². The lowest BCUT2D eigenvalue weighted by Gasteiger charge is -2.09. The summed E-state index contributed by atoms with van der Waals surface area (Å²) in [4.78, 5) is 27.7. The van der Waals surface area contributed by atoms with Crippen molar-refractivity contribution >= 4 is 23.4 Å². The summed E-state index contributed by atoms with van der Waals surface area (Å²) < 4.78 is 1.58. The summed E-state index contributed by atoms with van der Waals surface area (Å²) in [5.41, 5.74) is 1.40. The second kappa shape index (κ2) is 5.83. The third kappa shape index (κ3) is 3.21. The molecule has 0 aliphatic carbocycles. The molecule has 2 rings (SSSR count). The molecule has 2 aromatic heterocycles. The molecule has 0 spiro atoms. The van der Waals surface area contributed by atoms with Crippen LogP contribution in [0.1, 0.15) is 22.0 Å². The molecule has 2 aromatic rings. The van der Waals surface area contributed by atoms with E-state index in [0.29, 0.717) is 18.1 Å². The van der Waals surface area contributed by atoms with E-state index in [2.05, 4.69) is 4.98 Å². The predicted octanol–water partition coefficient (Wildman–Crippen LogP) is 2.07. The largest absolute Gasteiger partial charge is 0.478 e. The summed E-state index contributed by atoms with van der Waals surface area (Å²) in [6.45, 7) is 3.97. The van der Waals surface area contributed by atoms with E-state index in [4.69, 9.17) is 5.11 Å².